The third-order valence-electron chi connectivity index (χ3n) is 4.71. The van der Waals surface area contributed by atoms with Crippen molar-refractivity contribution in [2.24, 2.45) is 4.99 Å². The molecule has 0 aromatic heterocycles. The number of nitrogens with zero attached hydrogens (tertiary/aromatic N) is 1. The van der Waals surface area contributed by atoms with E-state index in [0.29, 0.717) is 18.0 Å². The second-order valence-corrected chi connectivity index (χ2v) is 6.97. The molecule has 0 spiro atoms. The van der Waals surface area contributed by atoms with Crippen molar-refractivity contribution in [3.8, 4) is 5.75 Å². The normalized spacial score (nSPS) is 19.7. The minimum absolute atomic E-state index is 0.0803. The van der Waals surface area contributed by atoms with Gasteiger partial charge in [0.05, 0.1) is 18.4 Å². The molecule has 2 aliphatic rings. The lowest BCUT2D eigenvalue weighted by Gasteiger charge is -2.11. The van der Waals surface area contributed by atoms with Crippen molar-refractivity contribution in [2.45, 2.75) is 32.8 Å². The van der Waals surface area contributed by atoms with E-state index in [-0.39, 0.29) is 42.3 Å². The lowest BCUT2D eigenvalue weighted by molar-refractivity contribution is -0.138. The van der Waals surface area contributed by atoms with Crippen LogP contribution < -0.4 is 10.1 Å². The summed E-state index contributed by atoms with van der Waals surface area (Å²) in [6.45, 7) is 4.73. The first-order chi connectivity index (χ1) is 14.5. The van der Waals surface area contributed by atoms with Crippen LogP contribution in [0.3, 0.4) is 0 Å². The van der Waals surface area contributed by atoms with E-state index in [9.17, 15) is 14.7 Å². The molecule has 8 nitrogen and oxygen atoms in total. The molecule has 1 fully saturated rings. The lowest BCUT2D eigenvalue weighted by Crippen LogP contribution is -2.35. The Kier molecular flexibility index (Phi) is 7.24. The molecule has 8 heteroatoms. The van der Waals surface area contributed by atoms with Gasteiger partial charge in [0.25, 0.3) is 5.91 Å². The SMILES string of the molecule is CCOC(=O)C1=C(O)/C(=C/c2ccc(OCC(=O)NC[C@@H]3CCCO3)cc2)N=C1C. The van der Waals surface area contributed by atoms with E-state index in [1.54, 1.807) is 44.2 Å². The summed E-state index contributed by atoms with van der Waals surface area (Å²) in [5, 5.41) is 13.1. The molecule has 0 aliphatic carbocycles. The highest BCUT2D eigenvalue weighted by atomic mass is 16.5. The fraction of sp³-hybridized carbons (Fsp3) is 0.409. The number of hydrogen-bond acceptors (Lipinski definition) is 7. The number of benzene rings is 1. The average Bonchev–Trinajstić information content (AvgIpc) is 3.34. The minimum Gasteiger partial charge on any atom is -0.505 e. The van der Waals surface area contributed by atoms with Crippen LogP contribution in [-0.2, 0) is 19.1 Å². The highest BCUT2D eigenvalue weighted by molar-refractivity contribution is 6.22. The summed E-state index contributed by atoms with van der Waals surface area (Å²) in [5.74, 6) is -0.452. The molecule has 3 rings (SSSR count). The van der Waals surface area contributed by atoms with E-state index in [1.165, 1.54) is 0 Å². The van der Waals surface area contributed by atoms with Crippen LogP contribution in [-0.4, -0.2) is 55.2 Å². The van der Waals surface area contributed by atoms with Gasteiger partial charge in [0.15, 0.2) is 12.4 Å². The van der Waals surface area contributed by atoms with Gasteiger partial charge in [0.2, 0.25) is 0 Å². The fourth-order valence-electron chi connectivity index (χ4n) is 3.19. The maximum Gasteiger partial charge on any atom is 0.343 e. The standard InChI is InChI=1S/C22H26N2O6/c1-3-28-22(27)20-14(2)24-18(21(20)26)11-15-6-8-16(9-7-15)30-13-19(25)23-12-17-5-4-10-29-17/h6-9,11,17,26H,3-5,10,12-13H2,1-2H3,(H,23,25)/b18-11-/t17-/m0/s1. The van der Waals surface area contributed by atoms with E-state index in [4.69, 9.17) is 14.2 Å². The number of nitrogens with one attached hydrogen (secondary N) is 1. The van der Waals surface area contributed by atoms with E-state index in [0.717, 1.165) is 25.0 Å². The van der Waals surface area contributed by atoms with Gasteiger partial charge in [-0.25, -0.2) is 9.79 Å². The number of ether oxygens (including phenoxy) is 3. The molecule has 0 bridgehead atoms. The average molecular weight is 414 g/mol. The van der Waals surface area contributed by atoms with Gasteiger partial charge in [-0.15, -0.1) is 0 Å². The number of carbonyl (C=O) groups is 2. The smallest absolute Gasteiger partial charge is 0.343 e. The van der Waals surface area contributed by atoms with Gasteiger partial charge in [-0.1, -0.05) is 12.1 Å². The summed E-state index contributed by atoms with van der Waals surface area (Å²) in [6.07, 6.45) is 3.75. The van der Waals surface area contributed by atoms with Crippen molar-refractivity contribution in [1.82, 2.24) is 5.32 Å². The number of carbonyl (C=O) groups excluding carboxylic acids is 2. The van der Waals surface area contributed by atoms with Crippen LogP contribution in [0.4, 0.5) is 0 Å². The second kappa shape index (κ2) is 10.1. The Morgan fingerprint density at radius 2 is 2.10 bits per heavy atom. The van der Waals surface area contributed by atoms with E-state index in [1.807, 2.05) is 0 Å². The predicted octanol–water partition coefficient (Wildman–Crippen LogP) is 2.55. The molecule has 160 valence electrons. The van der Waals surface area contributed by atoms with Crippen molar-refractivity contribution in [3.05, 3.63) is 46.9 Å². The van der Waals surface area contributed by atoms with Gasteiger partial charge >= 0.3 is 5.97 Å². The monoisotopic (exact) mass is 414 g/mol. The van der Waals surface area contributed by atoms with Crippen molar-refractivity contribution in [2.75, 3.05) is 26.4 Å². The van der Waals surface area contributed by atoms with Crippen LogP contribution in [0, 0.1) is 0 Å². The minimum atomic E-state index is -0.596. The Morgan fingerprint density at radius 3 is 2.77 bits per heavy atom. The Morgan fingerprint density at radius 1 is 1.33 bits per heavy atom. The largest absolute Gasteiger partial charge is 0.505 e. The van der Waals surface area contributed by atoms with Gasteiger partial charge < -0.3 is 24.6 Å². The Bertz CT molecular complexity index is 879. The molecule has 0 unspecified atom stereocenters. The zero-order valence-electron chi connectivity index (χ0n) is 17.1. The summed E-state index contributed by atoms with van der Waals surface area (Å²) in [6, 6.07) is 6.98. The van der Waals surface area contributed by atoms with Crippen LogP contribution in [0.2, 0.25) is 0 Å². The van der Waals surface area contributed by atoms with Crippen LogP contribution in [0.5, 0.6) is 5.75 Å². The van der Waals surface area contributed by atoms with Gasteiger partial charge in [0.1, 0.15) is 17.0 Å². The lowest BCUT2D eigenvalue weighted by atomic mass is 10.1. The Labute approximate surface area is 175 Å². The molecular weight excluding hydrogens is 388 g/mol. The summed E-state index contributed by atoms with van der Waals surface area (Å²) >= 11 is 0. The van der Waals surface area contributed by atoms with Crippen molar-refractivity contribution in [1.29, 1.82) is 0 Å². The summed E-state index contributed by atoms with van der Waals surface area (Å²) in [5.41, 5.74) is 1.54. The highest BCUT2D eigenvalue weighted by Gasteiger charge is 2.27. The van der Waals surface area contributed by atoms with Gasteiger partial charge in [-0.2, -0.15) is 0 Å². The molecular formula is C22H26N2O6. The van der Waals surface area contributed by atoms with Gasteiger partial charge in [-0.3, -0.25) is 4.79 Å². The second-order valence-electron chi connectivity index (χ2n) is 6.97. The van der Waals surface area contributed by atoms with E-state index in [2.05, 4.69) is 10.3 Å². The van der Waals surface area contributed by atoms with Gasteiger partial charge in [-0.05, 0) is 50.5 Å². The number of aliphatic hydroxyl groups is 1. The maximum absolute atomic E-state index is 12.0. The van der Waals surface area contributed by atoms with Gasteiger partial charge in [0, 0.05) is 13.2 Å². The zero-order chi connectivity index (χ0) is 21.5. The predicted molar refractivity (Wildman–Crippen MR) is 111 cm³/mol. The topological polar surface area (TPSA) is 106 Å². The molecule has 2 aliphatic heterocycles. The molecule has 0 saturated carbocycles. The fourth-order valence-corrected chi connectivity index (χ4v) is 3.19. The molecule has 1 atom stereocenters. The molecule has 1 saturated heterocycles. The quantitative estimate of drug-likeness (QED) is 0.633. The van der Waals surface area contributed by atoms with Crippen molar-refractivity contribution < 1.29 is 28.9 Å². The molecule has 2 heterocycles. The maximum atomic E-state index is 12.0. The van der Waals surface area contributed by atoms with Crippen LogP contribution in [0.15, 0.2) is 46.3 Å². The number of rotatable bonds is 8. The first kappa shape index (κ1) is 21.6. The summed E-state index contributed by atoms with van der Waals surface area (Å²) in [7, 11) is 0. The van der Waals surface area contributed by atoms with Crippen molar-refractivity contribution >= 4 is 23.7 Å². The molecule has 0 radical (unpaired) electrons. The molecule has 30 heavy (non-hydrogen) atoms. The first-order valence-electron chi connectivity index (χ1n) is 9.97. The highest BCUT2D eigenvalue weighted by Crippen LogP contribution is 2.26. The number of amides is 1. The molecule has 1 aromatic carbocycles. The third-order valence-corrected chi connectivity index (χ3v) is 4.71. The zero-order valence-corrected chi connectivity index (χ0v) is 17.1. The summed E-state index contributed by atoms with van der Waals surface area (Å²) < 4.78 is 15.9. The van der Waals surface area contributed by atoms with Crippen molar-refractivity contribution in [3.63, 3.8) is 0 Å². The number of esters is 1. The number of aliphatic imine (C=N–C) groups is 1. The third kappa shape index (κ3) is 5.48. The molecule has 1 aromatic rings. The van der Waals surface area contributed by atoms with E-state index < -0.39 is 5.97 Å². The Hall–Kier alpha value is -3.13. The number of hydrogen-bond donors (Lipinski definition) is 2. The van der Waals surface area contributed by atoms with E-state index >= 15 is 0 Å². The van der Waals surface area contributed by atoms with Crippen LogP contribution >= 0.6 is 0 Å². The molecule has 1 amide bonds. The summed E-state index contributed by atoms with van der Waals surface area (Å²) in [4.78, 5) is 28.1. The van der Waals surface area contributed by atoms with Crippen LogP contribution in [0.1, 0.15) is 32.3 Å². The van der Waals surface area contributed by atoms with Crippen LogP contribution in [0.25, 0.3) is 6.08 Å². The molecule has 2 N–H and O–H groups in total. The Balaban J connectivity index is 1.55. The first-order valence-corrected chi connectivity index (χ1v) is 9.97. The number of aliphatic hydroxyl groups excluding tert-OH is 1.